The molecule has 10 heteroatoms. The van der Waals surface area contributed by atoms with Gasteiger partial charge >= 0.3 is 0 Å². The molecule has 4 saturated heterocycles. The van der Waals surface area contributed by atoms with Gasteiger partial charge in [-0.25, -0.2) is 0 Å². The highest BCUT2D eigenvalue weighted by molar-refractivity contribution is 5.58. The van der Waals surface area contributed by atoms with Crippen LogP contribution in [0.15, 0.2) is 36.4 Å². The standard InChI is InChI=1S/C31H42N2O8/c34-14-24(36)8-22-6-20(1-3-30(22)32(10-26-16-38-26)11-27-17-39-27)5-21-2-4-31(23(7-21)9-25(37)15-35)33(12-28-18-40-28)13-29-19-41-29/h1-4,6-7,24-29,34-37H,5,8-19H2. The highest BCUT2D eigenvalue weighted by Crippen LogP contribution is 2.31. The minimum absolute atomic E-state index is 0.216. The Labute approximate surface area is 241 Å². The lowest BCUT2D eigenvalue weighted by Gasteiger charge is -2.28. The number of hydrogen-bond donors (Lipinski definition) is 4. The van der Waals surface area contributed by atoms with Gasteiger partial charge in [0.25, 0.3) is 0 Å². The predicted octanol–water partition coefficient (Wildman–Crippen LogP) is 0.277. The van der Waals surface area contributed by atoms with E-state index >= 15 is 0 Å². The highest BCUT2D eigenvalue weighted by atomic mass is 16.6. The maximum Gasteiger partial charge on any atom is 0.0984 e. The van der Waals surface area contributed by atoms with E-state index < -0.39 is 12.2 Å². The quantitative estimate of drug-likeness (QED) is 0.185. The summed E-state index contributed by atoms with van der Waals surface area (Å²) in [6.07, 6.45) is 0.537. The number of epoxide rings is 4. The summed E-state index contributed by atoms with van der Waals surface area (Å²) in [7, 11) is 0. The van der Waals surface area contributed by atoms with Crippen LogP contribution in [0.5, 0.6) is 0 Å². The summed E-state index contributed by atoms with van der Waals surface area (Å²) in [4.78, 5) is 4.56. The Morgan fingerprint density at radius 2 is 0.951 bits per heavy atom. The van der Waals surface area contributed by atoms with Crippen LogP contribution in [0.4, 0.5) is 11.4 Å². The van der Waals surface area contributed by atoms with Crippen LogP contribution in [0.1, 0.15) is 22.3 Å². The highest BCUT2D eigenvalue weighted by Gasteiger charge is 2.33. The second kappa shape index (κ2) is 12.9. The van der Waals surface area contributed by atoms with Crippen LogP contribution in [0, 0.1) is 0 Å². The van der Waals surface area contributed by atoms with Gasteiger partial charge in [0, 0.05) is 50.4 Å². The zero-order valence-corrected chi connectivity index (χ0v) is 23.4. The monoisotopic (exact) mass is 570 g/mol. The van der Waals surface area contributed by atoms with Crippen molar-refractivity contribution in [1.82, 2.24) is 0 Å². The van der Waals surface area contributed by atoms with Gasteiger partial charge < -0.3 is 49.2 Å². The van der Waals surface area contributed by atoms with Crippen LogP contribution in [-0.4, -0.2) is 123 Å². The molecular formula is C31H42N2O8. The molecule has 0 radical (unpaired) electrons. The van der Waals surface area contributed by atoms with Crippen molar-refractivity contribution in [3.63, 3.8) is 0 Å². The van der Waals surface area contributed by atoms with E-state index in [1.54, 1.807) is 0 Å². The smallest absolute Gasteiger partial charge is 0.0984 e. The van der Waals surface area contributed by atoms with E-state index in [1.165, 1.54) is 0 Å². The molecule has 4 fully saturated rings. The van der Waals surface area contributed by atoms with E-state index in [9.17, 15) is 20.4 Å². The Hall–Kier alpha value is -2.28. The number of aliphatic hydroxyl groups excluding tert-OH is 4. The first-order valence-corrected chi connectivity index (χ1v) is 14.7. The summed E-state index contributed by atoms with van der Waals surface area (Å²) in [6.45, 7) is 5.53. The Kier molecular flexibility index (Phi) is 9.09. The van der Waals surface area contributed by atoms with Crippen molar-refractivity contribution in [2.75, 3.05) is 75.6 Å². The summed E-state index contributed by atoms with van der Waals surface area (Å²) in [5, 5.41) is 39.9. The lowest BCUT2D eigenvalue weighted by Crippen LogP contribution is -2.33. The van der Waals surface area contributed by atoms with Crippen LogP contribution in [0.25, 0.3) is 0 Å². The van der Waals surface area contributed by atoms with Gasteiger partial charge in [0.15, 0.2) is 0 Å². The number of hydrogen-bond acceptors (Lipinski definition) is 10. The lowest BCUT2D eigenvalue weighted by molar-refractivity contribution is 0.0955. The fourth-order valence-corrected chi connectivity index (χ4v) is 5.53. The topological polar surface area (TPSA) is 138 Å². The van der Waals surface area contributed by atoms with Crippen molar-refractivity contribution in [3.8, 4) is 0 Å². The SMILES string of the molecule is OCC(O)Cc1cc(Cc2ccc(N(CC3CO3)CC3CO3)c(CC(O)CO)c2)ccc1N(CC1CO1)CC1CO1. The molecule has 0 saturated carbocycles. The zero-order valence-electron chi connectivity index (χ0n) is 23.4. The molecule has 4 aliphatic rings. The molecule has 4 N–H and O–H groups in total. The first-order valence-electron chi connectivity index (χ1n) is 14.7. The molecule has 4 heterocycles. The molecular weight excluding hydrogens is 528 g/mol. The number of ether oxygens (including phenoxy) is 4. The largest absolute Gasteiger partial charge is 0.394 e. The number of nitrogens with zero attached hydrogens (tertiary/aromatic N) is 2. The van der Waals surface area contributed by atoms with Crippen molar-refractivity contribution in [2.45, 2.75) is 55.9 Å². The van der Waals surface area contributed by atoms with E-state index in [0.717, 1.165) is 86.2 Å². The van der Waals surface area contributed by atoms with Gasteiger partial charge in [-0.05, 0) is 40.8 Å². The molecule has 6 unspecified atom stereocenters. The second-order valence-corrected chi connectivity index (χ2v) is 11.8. The molecule has 6 rings (SSSR count). The van der Waals surface area contributed by atoms with Crippen molar-refractivity contribution >= 4 is 11.4 Å². The zero-order chi connectivity index (χ0) is 28.3. The van der Waals surface area contributed by atoms with Crippen molar-refractivity contribution in [3.05, 3.63) is 58.7 Å². The van der Waals surface area contributed by atoms with E-state index in [4.69, 9.17) is 18.9 Å². The third kappa shape index (κ3) is 8.39. The van der Waals surface area contributed by atoms with Gasteiger partial charge in [-0.2, -0.15) is 0 Å². The first-order chi connectivity index (χ1) is 20.0. The van der Waals surface area contributed by atoms with Crippen LogP contribution >= 0.6 is 0 Å². The molecule has 224 valence electrons. The van der Waals surface area contributed by atoms with E-state index in [0.29, 0.717) is 19.3 Å². The van der Waals surface area contributed by atoms with Gasteiger partial charge in [-0.3, -0.25) is 0 Å². The summed E-state index contributed by atoms with van der Waals surface area (Å²) < 4.78 is 22.0. The van der Waals surface area contributed by atoms with Crippen molar-refractivity contribution < 1.29 is 39.4 Å². The average Bonchev–Trinajstić information content (AvgIpc) is 3.77. The number of rotatable bonds is 18. The Morgan fingerprint density at radius 3 is 1.24 bits per heavy atom. The third-order valence-electron chi connectivity index (χ3n) is 8.02. The number of anilines is 2. The maximum absolute atomic E-state index is 10.4. The second-order valence-electron chi connectivity index (χ2n) is 11.8. The summed E-state index contributed by atoms with van der Waals surface area (Å²) in [5.74, 6) is 0. The molecule has 2 aromatic carbocycles. The molecule has 2 aromatic rings. The number of aliphatic hydroxyl groups is 4. The lowest BCUT2D eigenvalue weighted by atomic mass is 9.95. The predicted molar refractivity (Wildman–Crippen MR) is 153 cm³/mol. The molecule has 0 aliphatic carbocycles. The summed E-state index contributed by atoms with van der Waals surface area (Å²) >= 11 is 0. The minimum atomic E-state index is -0.845. The first kappa shape index (κ1) is 28.8. The van der Waals surface area contributed by atoms with Gasteiger partial charge in [-0.15, -0.1) is 0 Å². The van der Waals surface area contributed by atoms with Crippen LogP contribution < -0.4 is 9.80 Å². The summed E-state index contributed by atoms with van der Waals surface area (Å²) in [5.41, 5.74) is 6.23. The van der Waals surface area contributed by atoms with Gasteiger partial charge in [0.05, 0.1) is 76.3 Å². The van der Waals surface area contributed by atoms with Crippen LogP contribution in [0.3, 0.4) is 0 Å². The van der Waals surface area contributed by atoms with Gasteiger partial charge in [0.2, 0.25) is 0 Å². The van der Waals surface area contributed by atoms with E-state index in [2.05, 4.69) is 46.2 Å². The van der Waals surface area contributed by atoms with E-state index in [1.807, 2.05) is 0 Å². The minimum Gasteiger partial charge on any atom is -0.394 e. The maximum atomic E-state index is 10.4. The van der Waals surface area contributed by atoms with E-state index in [-0.39, 0.29) is 37.6 Å². The Morgan fingerprint density at radius 1 is 0.610 bits per heavy atom. The molecule has 0 amide bonds. The summed E-state index contributed by atoms with van der Waals surface area (Å²) in [6, 6.07) is 12.7. The molecule has 41 heavy (non-hydrogen) atoms. The molecule has 0 bridgehead atoms. The number of benzene rings is 2. The third-order valence-corrected chi connectivity index (χ3v) is 8.02. The van der Waals surface area contributed by atoms with Crippen LogP contribution in [0.2, 0.25) is 0 Å². The normalized spacial score (nSPS) is 25.5. The molecule has 10 nitrogen and oxygen atoms in total. The average molecular weight is 571 g/mol. The molecule has 4 aliphatic heterocycles. The fraction of sp³-hybridized carbons (Fsp3) is 0.613. The Balaban J connectivity index is 1.25. The van der Waals surface area contributed by atoms with Crippen LogP contribution in [-0.2, 0) is 38.2 Å². The van der Waals surface area contributed by atoms with Gasteiger partial charge in [-0.1, -0.05) is 24.3 Å². The molecule has 0 aromatic heterocycles. The fourth-order valence-electron chi connectivity index (χ4n) is 5.53. The van der Waals surface area contributed by atoms with Crippen molar-refractivity contribution in [2.24, 2.45) is 0 Å². The molecule has 0 spiro atoms. The molecule has 6 atom stereocenters. The Bertz CT molecular complexity index is 1050. The van der Waals surface area contributed by atoms with Gasteiger partial charge in [0.1, 0.15) is 0 Å². The van der Waals surface area contributed by atoms with Crippen molar-refractivity contribution in [1.29, 1.82) is 0 Å².